The van der Waals surface area contributed by atoms with E-state index in [1.165, 1.54) is 22.3 Å². The number of rotatable bonds is 9. The number of hydrazone groups is 1. The zero-order valence-electron chi connectivity index (χ0n) is 20.9. The van der Waals surface area contributed by atoms with Gasteiger partial charge < -0.3 is 9.47 Å². The van der Waals surface area contributed by atoms with Crippen molar-refractivity contribution in [1.82, 2.24) is 0 Å². The lowest BCUT2D eigenvalue weighted by Gasteiger charge is -2.24. The molecular formula is C32H32N2O2. The topological polar surface area (TPSA) is 34.1 Å². The molecule has 1 atom stereocenters. The second-order valence-corrected chi connectivity index (χ2v) is 9.15. The minimum Gasteiger partial charge on any atom is -0.494 e. The van der Waals surface area contributed by atoms with Crippen molar-refractivity contribution in [2.45, 2.75) is 25.8 Å². The third-order valence-corrected chi connectivity index (χ3v) is 6.56. The van der Waals surface area contributed by atoms with Crippen LogP contribution in [-0.4, -0.2) is 26.0 Å². The minimum absolute atomic E-state index is 0.124. The molecular weight excluding hydrogens is 444 g/mol. The third-order valence-electron chi connectivity index (χ3n) is 6.56. The summed E-state index contributed by atoms with van der Waals surface area (Å²) in [4.78, 5) is 0. The van der Waals surface area contributed by atoms with Gasteiger partial charge in [0.05, 0.1) is 24.0 Å². The van der Waals surface area contributed by atoms with Crippen LogP contribution in [-0.2, 0) is 4.74 Å². The van der Waals surface area contributed by atoms with Gasteiger partial charge in [0, 0.05) is 26.6 Å². The zero-order valence-corrected chi connectivity index (χ0v) is 20.9. The van der Waals surface area contributed by atoms with Gasteiger partial charge >= 0.3 is 0 Å². The molecule has 0 N–H and O–H groups in total. The molecule has 4 aromatic carbocycles. The summed E-state index contributed by atoms with van der Waals surface area (Å²) < 4.78 is 11.0. The van der Waals surface area contributed by atoms with Crippen LogP contribution >= 0.6 is 0 Å². The van der Waals surface area contributed by atoms with Crippen LogP contribution in [0.1, 0.15) is 35.6 Å². The second kappa shape index (κ2) is 11.2. The maximum Gasteiger partial charge on any atom is 0.119 e. The Balaban J connectivity index is 1.39. The Morgan fingerprint density at radius 2 is 1.42 bits per heavy atom. The minimum atomic E-state index is 0.124. The number of anilines is 1. The van der Waals surface area contributed by atoms with Gasteiger partial charge in [0.2, 0.25) is 0 Å². The first kappa shape index (κ1) is 23.8. The van der Waals surface area contributed by atoms with Crippen molar-refractivity contribution in [1.29, 1.82) is 0 Å². The summed E-state index contributed by atoms with van der Waals surface area (Å²) in [5.41, 5.74) is 8.26. The van der Waals surface area contributed by atoms with E-state index in [1.54, 1.807) is 7.11 Å². The molecule has 0 fully saturated rings. The SMILES string of the molecule is COCCCOc1ccc(C2CC(c3ccc(-c4ccccc4)cc3)=NN2c2ccc(C)cc2)cc1. The molecule has 5 rings (SSSR count). The Bertz CT molecular complexity index is 1280. The van der Waals surface area contributed by atoms with Crippen LogP contribution in [0.15, 0.2) is 108 Å². The Morgan fingerprint density at radius 3 is 2.11 bits per heavy atom. The Kier molecular flexibility index (Phi) is 7.44. The van der Waals surface area contributed by atoms with E-state index in [2.05, 4.69) is 109 Å². The molecule has 182 valence electrons. The van der Waals surface area contributed by atoms with Gasteiger partial charge in [-0.1, -0.05) is 84.4 Å². The maximum absolute atomic E-state index is 5.87. The van der Waals surface area contributed by atoms with Crippen LogP contribution in [0.5, 0.6) is 5.75 Å². The molecule has 1 aliphatic rings. The van der Waals surface area contributed by atoms with Crippen molar-refractivity contribution in [2.24, 2.45) is 5.10 Å². The number of hydrogen-bond acceptors (Lipinski definition) is 4. The van der Waals surface area contributed by atoms with Gasteiger partial charge in [-0.15, -0.1) is 0 Å². The predicted molar refractivity (Wildman–Crippen MR) is 148 cm³/mol. The van der Waals surface area contributed by atoms with Crippen molar-refractivity contribution in [3.63, 3.8) is 0 Å². The first-order chi connectivity index (χ1) is 17.7. The highest BCUT2D eigenvalue weighted by molar-refractivity contribution is 6.03. The maximum atomic E-state index is 5.87. The van der Waals surface area contributed by atoms with Crippen LogP contribution in [0.2, 0.25) is 0 Å². The van der Waals surface area contributed by atoms with E-state index in [-0.39, 0.29) is 6.04 Å². The van der Waals surface area contributed by atoms with Crippen molar-refractivity contribution in [3.8, 4) is 16.9 Å². The lowest BCUT2D eigenvalue weighted by Crippen LogP contribution is -2.18. The third kappa shape index (κ3) is 5.50. The van der Waals surface area contributed by atoms with Gasteiger partial charge in [-0.05, 0) is 53.4 Å². The van der Waals surface area contributed by atoms with Gasteiger partial charge in [0.15, 0.2) is 0 Å². The normalized spacial score (nSPS) is 15.1. The van der Waals surface area contributed by atoms with E-state index >= 15 is 0 Å². The molecule has 0 spiro atoms. The number of hydrogen-bond donors (Lipinski definition) is 0. The molecule has 0 amide bonds. The van der Waals surface area contributed by atoms with Crippen LogP contribution in [0, 0.1) is 6.92 Å². The Labute approximate surface area is 213 Å². The highest BCUT2D eigenvalue weighted by Crippen LogP contribution is 2.37. The van der Waals surface area contributed by atoms with Gasteiger partial charge in [-0.2, -0.15) is 5.10 Å². The van der Waals surface area contributed by atoms with E-state index in [0.29, 0.717) is 13.2 Å². The zero-order chi connectivity index (χ0) is 24.7. The fourth-order valence-electron chi connectivity index (χ4n) is 4.55. The monoisotopic (exact) mass is 476 g/mol. The first-order valence-electron chi connectivity index (χ1n) is 12.5. The highest BCUT2D eigenvalue weighted by atomic mass is 16.5. The smallest absolute Gasteiger partial charge is 0.119 e. The summed E-state index contributed by atoms with van der Waals surface area (Å²) in [6.07, 6.45) is 1.72. The van der Waals surface area contributed by atoms with Gasteiger partial charge in [-0.3, -0.25) is 5.01 Å². The van der Waals surface area contributed by atoms with E-state index < -0.39 is 0 Å². The fraction of sp³-hybridized carbons (Fsp3) is 0.219. The number of benzene rings is 4. The summed E-state index contributed by atoms with van der Waals surface area (Å²) in [6.45, 7) is 3.47. The fourth-order valence-corrected chi connectivity index (χ4v) is 4.55. The lowest BCUT2D eigenvalue weighted by atomic mass is 9.96. The summed E-state index contributed by atoms with van der Waals surface area (Å²) >= 11 is 0. The lowest BCUT2D eigenvalue weighted by molar-refractivity contribution is 0.172. The molecule has 1 heterocycles. The van der Waals surface area contributed by atoms with Gasteiger partial charge in [-0.25, -0.2) is 0 Å². The average molecular weight is 477 g/mol. The van der Waals surface area contributed by atoms with Gasteiger partial charge in [0.25, 0.3) is 0 Å². The van der Waals surface area contributed by atoms with Crippen LogP contribution in [0.4, 0.5) is 5.69 Å². The second-order valence-electron chi connectivity index (χ2n) is 9.15. The van der Waals surface area contributed by atoms with Gasteiger partial charge in [0.1, 0.15) is 5.75 Å². The molecule has 0 saturated heterocycles. The van der Waals surface area contributed by atoms with Crippen LogP contribution in [0.25, 0.3) is 11.1 Å². The molecule has 1 unspecified atom stereocenters. The largest absolute Gasteiger partial charge is 0.494 e. The van der Waals surface area contributed by atoms with Crippen LogP contribution < -0.4 is 9.75 Å². The van der Waals surface area contributed by atoms with E-state index in [1.807, 2.05) is 6.07 Å². The summed E-state index contributed by atoms with van der Waals surface area (Å²) in [6, 6.07) is 36.4. The molecule has 0 aromatic heterocycles. The number of nitrogens with zero attached hydrogens (tertiary/aromatic N) is 2. The number of aryl methyl sites for hydroxylation is 1. The molecule has 0 saturated carbocycles. The molecule has 4 nitrogen and oxygen atoms in total. The molecule has 0 bridgehead atoms. The van der Waals surface area contributed by atoms with Crippen LogP contribution in [0.3, 0.4) is 0 Å². The predicted octanol–water partition coefficient (Wildman–Crippen LogP) is 7.43. The van der Waals surface area contributed by atoms with Crippen molar-refractivity contribution < 1.29 is 9.47 Å². The molecule has 0 radical (unpaired) electrons. The molecule has 1 aliphatic heterocycles. The highest BCUT2D eigenvalue weighted by Gasteiger charge is 2.30. The van der Waals surface area contributed by atoms with E-state index in [0.717, 1.165) is 35.6 Å². The van der Waals surface area contributed by atoms with Crippen molar-refractivity contribution in [3.05, 3.63) is 120 Å². The standard InChI is InChI=1S/C32H32N2O2/c1-24-9-17-29(18-10-24)34-32(28-15-19-30(20-16-28)36-22-6-21-35-2)23-31(33-34)27-13-11-26(12-14-27)25-7-4-3-5-8-25/h3-5,7-20,32H,6,21-23H2,1-2H3. The molecule has 4 aromatic rings. The quantitative estimate of drug-likeness (QED) is 0.236. The van der Waals surface area contributed by atoms with Crippen molar-refractivity contribution >= 4 is 11.4 Å². The molecule has 4 heteroatoms. The summed E-state index contributed by atoms with van der Waals surface area (Å²) in [7, 11) is 1.71. The average Bonchev–Trinajstić information content (AvgIpc) is 3.38. The van der Waals surface area contributed by atoms with E-state index in [4.69, 9.17) is 14.6 Å². The first-order valence-corrected chi connectivity index (χ1v) is 12.5. The van der Waals surface area contributed by atoms with Crippen molar-refractivity contribution in [2.75, 3.05) is 25.3 Å². The Hall–Kier alpha value is -3.89. The number of methoxy groups -OCH3 is 1. The molecule has 36 heavy (non-hydrogen) atoms. The molecule has 0 aliphatic carbocycles. The number of ether oxygens (including phenoxy) is 2. The Morgan fingerprint density at radius 1 is 0.750 bits per heavy atom. The summed E-state index contributed by atoms with van der Waals surface area (Å²) in [5.74, 6) is 0.882. The van der Waals surface area contributed by atoms with E-state index in [9.17, 15) is 0 Å². The summed E-state index contributed by atoms with van der Waals surface area (Å²) in [5, 5.41) is 7.28.